The number of carbonyl (C=O) groups is 1. The van der Waals surface area contributed by atoms with Crippen molar-refractivity contribution in [3.8, 4) is 5.69 Å². The molecule has 2 rings (SSSR count). The minimum Gasteiger partial charge on any atom is -0.477 e. The quantitative estimate of drug-likeness (QED) is 0.679. The van der Waals surface area contributed by atoms with E-state index < -0.39 is 16.6 Å². The number of carboxylic acid groups (broad SMARTS) is 1. The van der Waals surface area contributed by atoms with E-state index in [9.17, 15) is 14.9 Å². The molecule has 0 spiro atoms. The van der Waals surface area contributed by atoms with Crippen molar-refractivity contribution in [1.29, 1.82) is 0 Å². The second kappa shape index (κ2) is 4.56. The fraction of sp³-hybridized carbons (Fsp3) is 0.154. The highest BCUT2D eigenvalue weighted by atomic mass is 16.6. The Morgan fingerprint density at radius 1 is 1.21 bits per heavy atom. The topological polar surface area (TPSA) is 85.4 Å². The van der Waals surface area contributed by atoms with Gasteiger partial charge in [-0.05, 0) is 38.1 Å². The van der Waals surface area contributed by atoms with Crippen molar-refractivity contribution in [2.75, 3.05) is 0 Å². The lowest BCUT2D eigenvalue weighted by Gasteiger charge is -2.09. The molecule has 0 amide bonds. The van der Waals surface area contributed by atoms with Gasteiger partial charge >= 0.3 is 5.97 Å². The van der Waals surface area contributed by atoms with Gasteiger partial charge in [-0.15, -0.1) is 0 Å². The first kappa shape index (κ1) is 12.8. The summed E-state index contributed by atoms with van der Waals surface area (Å²) in [4.78, 5) is 21.2. The lowest BCUT2D eigenvalue weighted by atomic mass is 10.1. The van der Waals surface area contributed by atoms with E-state index in [4.69, 9.17) is 5.11 Å². The summed E-state index contributed by atoms with van der Waals surface area (Å²) >= 11 is 0. The van der Waals surface area contributed by atoms with Gasteiger partial charge in [0.25, 0.3) is 5.69 Å². The predicted molar refractivity (Wildman–Crippen MR) is 68.9 cm³/mol. The zero-order chi connectivity index (χ0) is 14.2. The maximum Gasteiger partial charge on any atom is 0.342 e. The molecule has 0 atom stereocenters. The first-order valence-electron chi connectivity index (χ1n) is 5.59. The van der Waals surface area contributed by atoms with Crippen LogP contribution in [0.3, 0.4) is 0 Å². The third-order valence-corrected chi connectivity index (χ3v) is 2.94. The summed E-state index contributed by atoms with van der Waals surface area (Å²) in [6.45, 7) is 3.76. The first-order valence-corrected chi connectivity index (χ1v) is 5.59. The molecule has 1 aromatic carbocycles. The van der Waals surface area contributed by atoms with Crippen LogP contribution in [0, 0.1) is 24.0 Å². The van der Waals surface area contributed by atoms with Gasteiger partial charge in [0, 0.05) is 17.5 Å². The summed E-state index contributed by atoms with van der Waals surface area (Å²) < 4.78 is 1.83. The molecule has 0 bridgehead atoms. The Hall–Kier alpha value is -2.63. The van der Waals surface area contributed by atoms with Crippen molar-refractivity contribution in [3.05, 3.63) is 57.4 Å². The molecular formula is C13H12N2O4. The van der Waals surface area contributed by atoms with Crippen LogP contribution in [-0.4, -0.2) is 20.6 Å². The van der Waals surface area contributed by atoms with Gasteiger partial charge in [0.1, 0.15) is 5.56 Å². The van der Waals surface area contributed by atoms with E-state index in [2.05, 4.69) is 0 Å². The van der Waals surface area contributed by atoms with Crippen LogP contribution >= 0.6 is 0 Å². The van der Waals surface area contributed by atoms with E-state index in [0.29, 0.717) is 5.69 Å². The zero-order valence-corrected chi connectivity index (χ0v) is 10.5. The van der Waals surface area contributed by atoms with E-state index in [1.165, 1.54) is 12.1 Å². The largest absolute Gasteiger partial charge is 0.477 e. The second-order valence-electron chi connectivity index (χ2n) is 4.22. The maximum absolute atomic E-state index is 11.0. The van der Waals surface area contributed by atoms with Crippen molar-refractivity contribution in [2.45, 2.75) is 13.8 Å². The minimum atomic E-state index is -1.31. The number of hydrogen-bond acceptors (Lipinski definition) is 3. The van der Waals surface area contributed by atoms with Crippen LogP contribution in [0.1, 0.15) is 21.7 Å². The number of nitro benzene ring substituents is 1. The van der Waals surface area contributed by atoms with Crippen LogP contribution in [0.25, 0.3) is 5.69 Å². The molecule has 6 nitrogen and oxygen atoms in total. The molecule has 0 aliphatic rings. The first-order chi connectivity index (χ1) is 8.91. The van der Waals surface area contributed by atoms with Crippen LogP contribution in [0.4, 0.5) is 5.69 Å². The number of aromatic carboxylic acids is 1. The molecule has 98 valence electrons. The molecule has 0 aliphatic carbocycles. The Kier molecular flexibility index (Phi) is 3.08. The van der Waals surface area contributed by atoms with Gasteiger partial charge in [-0.2, -0.15) is 0 Å². The summed E-state index contributed by atoms with van der Waals surface area (Å²) in [6, 6.07) is 7.90. The summed E-state index contributed by atoms with van der Waals surface area (Å²) in [6.07, 6.45) is 0. The summed E-state index contributed by atoms with van der Waals surface area (Å²) in [7, 11) is 0. The Bertz CT molecular complexity index is 654. The molecule has 1 aromatic heterocycles. The summed E-state index contributed by atoms with van der Waals surface area (Å²) in [5, 5.41) is 19.9. The number of benzene rings is 1. The monoisotopic (exact) mass is 260 g/mol. The van der Waals surface area contributed by atoms with E-state index in [-0.39, 0.29) is 5.56 Å². The standard InChI is InChI=1S/C13H12N2O4/c1-8-3-4-9(2)14(8)10-5-6-11(13(16)17)12(7-10)15(18)19/h3-7H,1-2H3,(H,16,17). The number of nitro groups is 1. The predicted octanol–water partition coefficient (Wildman–Crippen LogP) is 2.70. The molecule has 1 heterocycles. The van der Waals surface area contributed by atoms with Crippen molar-refractivity contribution in [2.24, 2.45) is 0 Å². The fourth-order valence-corrected chi connectivity index (χ4v) is 2.07. The Balaban J connectivity index is 2.65. The molecule has 2 aromatic rings. The average Bonchev–Trinajstić information content (AvgIpc) is 2.68. The fourth-order valence-electron chi connectivity index (χ4n) is 2.07. The van der Waals surface area contributed by atoms with Gasteiger partial charge in [-0.25, -0.2) is 4.79 Å². The summed E-state index contributed by atoms with van der Waals surface area (Å²) in [5.74, 6) is -1.31. The number of hydrogen-bond donors (Lipinski definition) is 1. The van der Waals surface area contributed by atoms with Crippen molar-refractivity contribution in [3.63, 3.8) is 0 Å². The van der Waals surface area contributed by atoms with Crippen molar-refractivity contribution < 1.29 is 14.8 Å². The second-order valence-corrected chi connectivity index (χ2v) is 4.22. The van der Waals surface area contributed by atoms with E-state index in [0.717, 1.165) is 11.4 Å². The number of carboxylic acids is 1. The molecule has 1 N–H and O–H groups in total. The number of aromatic nitrogens is 1. The van der Waals surface area contributed by atoms with Gasteiger partial charge in [0.2, 0.25) is 0 Å². The SMILES string of the molecule is Cc1ccc(C)n1-c1ccc(C(=O)O)c([N+](=O)[O-])c1. The van der Waals surface area contributed by atoms with E-state index in [1.54, 1.807) is 6.07 Å². The third kappa shape index (κ3) is 2.20. The molecule has 6 heteroatoms. The van der Waals surface area contributed by atoms with Crippen LogP contribution in [0.15, 0.2) is 30.3 Å². The van der Waals surface area contributed by atoms with Crippen molar-refractivity contribution in [1.82, 2.24) is 4.57 Å². The number of aryl methyl sites for hydroxylation is 2. The lowest BCUT2D eigenvalue weighted by molar-refractivity contribution is -0.385. The Labute approximate surface area is 109 Å². The molecular weight excluding hydrogens is 248 g/mol. The maximum atomic E-state index is 11.0. The van der Waals surface area contributed by atoms with E-state index >= 15 is 0 Å². The van der Waals surface area contributed by atoms with Gasteiger partial charge in [0.05, 0.1) is 10.6 Å². The highest BCUT2D eigenvalue weighted by molar-refractivity contribution is 5.92. The third-order valence-electron chi connectivity index (χ3n) is 2.94. The van der Waals surface area contributed by atoms with Crippen LogP contribution in [0.2, 0.25) is 0 Å². The van der Waals surface area contributed by atoms with Gasteiger partial charge < -0.3 is 9.67 Å². The average molecular weight is 260 g/mol. The molecule has 0 saturated heterocycles. The van der Waals surface area contributed by atoms with Gasteiger partial charge in [-0.3, -0.25) is 10.1 Å². The number of nitrogens with zero attached hydrogens (tertiary/aromatic N) is 2. The number of rotatable bonds is 3. The Morgan fingerprint density at radius 2 is 1.79 bits per heavy atom. The highest BCUT2D eigenvalue weighted by Gasteiger charge is 2.21. The molecule has 0 saturated carbocycles. The normalized spacial score (nSPS) is 10.4. The molecule has 19 heavy (non-hydrogen) atoms. The molecule has 0 fully saturated rings. The van der Waals surface area contributed by atoms with Crippen LogP contribution in [0.5, 0.6) is 0 Å². The highest BCUT2D eigenvalue weighted by Crippen LogP contribution is 2.24. The molecule has 0 unspecified atom stereocenters. The lowest BCUT2D eigenvalue weighted by Crippen LogP contribution is -2.05. The van der Waals surface area contributed by atoms with Crippen molar-refractivity contribution >= 4 is 11.7 Å². The van der Waals surface area contributed by atoms with Crippen LogP contribution < -0.4 is 0 Å². The molecule has 0 radical (unpaired) electrons. The van der Waals surface area contributed by atoms with Crippen LogP contribution in [-0.2, 0) is 0 Å². The Morgan fingerprint density at radius 3 is 2.26 bits per heavy atom. The zero-order valence-electron chi connectivity index (χ0n) is 10.5. The van der Waals surface area contributed by atoms with Gasteiger partial charge in [-0.1, -0.05) is 0 Å². The van der Waals surface area contributed by atoms with E-state index in [1.807, 2.05) is 30.5 Å². The minimum absolute atomic E-state index is 0.309. The van der Waals surface area contributed by atoms with Gasteiger partial charge in [0.15, 0.2) is 0 Å². The summed E-state index contributed by atoms with van der Waals surface area (Å²) in [5.41, 5.74) is 1.72. The molecule has 0 aliphatic heterocycles. The smallest absolute Gasteiger partial charge is 0.342 e.